The van der Waals surface area contributed by atoms with Gasteiger partial charge in [0.25, 0.3) is 0 Å². The van der Waals surface area contributed by atoms with Crippen LogP contribution in [0.3, 0.4) is 0 Å². The van der Waals surface area contributed by atoms with E-state index in [-0.39, 0.29) is 35.8 Å². The summed E-state index contributed by atoms with van der Waals surface area (Å²) in [6, 6.07) is 0. The molecule has 0 unspecified atom stereocenters. The van der Waals surface area contributed by atoms with Gasteiger partial charge in [0, 0.05) is 31.2 Å². The van der Waals surface area contributed by atoms with Gasteiger partial charge in [-0.25, -0.2) is 9.97 Å². The fourth-order valence-corrected chi connectivity index (χ4v) is 5.80. The Labute approximate surface area is 236 Å². The molecule has 2 aliphatic heterocycles. The zero-order chi connectivity index (χ0) is 29.4. The summed E-state index contributed by atoms with van der Waals surface area (Å²) in [6.45, 7) is 11.4. The number of ketones is 1. The van der Waals surface area contributed by atoms with Gasteiger partial charge in [0.05, 0.1) is 31.2 Å². The van der Waals surface area contributed by atoms with Crippen LogP contribution in [-0.2, 0) is 26.1 Å². The number of hydrogen-bond acceptors (Lipinski definition) is 9. The zero-order valence-electron chi connectivity index (χ0n) is 25.1. The van der Waals surface area contributed by atoms with Gasteiger partial charge in [-0.1, -0.05) is 34.1 Å². The monoisotopic (exact) mass is 556 g/mol. The number of esters is 1. The predicted molar refractivity (Wildman–Crippen MR) is 150 cm³/mol. The molecule has 1 N–H and O–H groups in total. The summed E-state index contributed by atoms with van der Waals surface area (Å²) in [5.74, 6) is -0.135. The summed E-state index contributed by atoms with van der Waals surface area (Å²) < 4.78 is 19.4. The minimum atomic E-state index is -0.766. The van der Waals surface area contributed by atoms with E-state index in [0.717, 1.165) is 24.8 Å². The lowest BCUT2D eigenvalue weighted by Crippen LogP contribution is -2.39. The molecule has 0 aliphatic carbocycles. The molecular weight excluding hydrogens is 512 g/mol. The number of cyclic esters (lactones) is 1. The molecule has 2 aromatic heterocycles. The third-order valence-corrected chi connectivity index (χ3v) is 8.80. The molecule has 0 bridgehead atoms. The number of nitrogens with zero attached hydrogens (tertiary/aromatic N) is 4. The Balaban J connectivity index is 1.60. The summed E-state index contributed by atoms with van der Waals surface area (Å²) in [7, 11) is 3.39. The molecule has 10 heteroatoms. The number of fused-ring (bicyclic) bond motifs is 2. The van der Waals surface area contributed by atoms with Crippen LogP contribution in [-0.4, -0.2) is 67.4 Å². The Hall–Kier alpha value is -2.85. The van der Waals surface area contributed by atoms with Crippen molar-refractivity contribution in [3.63, 3.8) is 0 Å². The van der Waals surface area contributed by atoms with Gasteiger partial charge in [-0.15, -0.1) is 0 Å². The van der Waals surface area contributed by atoms with Crippen molar-refractivity contribution in [2.45, 2.75) is 104 Å². The standard InChI is InChI=1S/C30H44N4O6/c1-17-10-9-12-30(6)21(40-30)15-20(39-23(35)11-13-29(4,5)26(37)19(3)25(17)36)18(2)14-22-32-27-24(28(33-22)38-8)31-16-34(27)7/h14,16-17,19-21,25,36H,9-13,15H2,1-8H3/b18-14+/t17-,19+,20-,21-,25-,30+/m0/s1. The molecular formula is C30H44N4O6. The lowest BCUT2D eigenvalue weighted by molar-refractivity contribution is -0.149. The molecule has 2 saturated heterocycles. The quantitative estimate of drug-likeness (QED) is 0.431. The minimum absolute atomic E-state index is 0.0138. The third-order valence-electron chi connectivity index (χ3n) is 8.80. The van der Waals surface area contributed by atoms with Crippen molar-refractivity contribution >= 4 is 29.0 Å². The van der Waals surface area contributed by atoms with Gasteiger partial charge in [-0.05, 0) is 50.7 Å². The maximum atomic E-state index is 13.3. The second kappa shape index (κ2) is 11.6. The summed E-state index contributed by atoms with van der Waals surface area (Å²) in [5.41, 5.74) is 0.920. The lowest BCUT2D eigenvalue weighted by atomic mass is 9.74. The molecule has 4 heterocycles. The minimum Gasteiger partial charge on any atom is -0.479 e. The number of Topliss-reactive ketones (excluding diaryl/α,β-unsaturated/α-hetero) is 1. The van der Waals surface area contributed by atoms with Gasteiger partial charge in [0.2, 0.25) is 5.88 Å². The van der Waals surface area contributed by atoms with Crippen LogP contribution < -0.4 is 4.74 Å². The average Bonchev–Trinajstić information content (AvgIpc) is 3.39. The lowest BCUT2D eigenvalue weighted by Gasteiger charge is -2.31. The van der Waals surface area contributed by atoms with Gasteiger partial charge in [0.15, 0.2) is 17.0 Å². The third kappa shape index (κ3) is 6.38. The molecule has 2 aromatic rings. The number of carbonyl (C=O) groups excluding carboxylic acids is 2. The zero-order valence-corrected chi connectivity index (χ0v) is 25.1. The fraction of sp³-hybridized carbons (Fsp3) is 0.700. The van der Waals surface area contributed by atoms with Crippen molar-refractivity contribution < 1.29 is 28.9 Å². The van der Waals surface area contributed by atoms with E-state index in [1.54, 1.807) is 24.9 Å². The number of methoxy groups -OCH3 is 1. The van der Waals surface area contributed by atoms with E-state index in [2.05, 4.69) is 21.9 Å². The van der Waals surface area contributed by atoms with Crippen molar-refractivity contribution in [3.05, 3.63) is 17.7 Å². The van der Waals surface area contributed by atoms with Crippen LogP contribution in [0, 0.1) is 17.3 Å². The molecule has 2 fully saturated rings. The molecule has 2 aliphatic rings. The maximum absolute atomic E-state index is 13.3. The fourth-order valence-electron chi connectivity index (χ4n) is 5.80. The molecule has 0 radical (unpaired) electrons. The second-order valence-corrected chi connectivity index (χ2v) is 12.5. The first-order valence-electron chi connectivity index (χ1n) is 14.3. The van der Waals surface area contributed by atoms with Crippen LogP contribution in [0.1, 0.15) is 85.9 Å². The normalized spacial score (nSPS) is 32.4. The van der Waals surface area contributed by atoms with Crippen molar-refractivity contribution in [2.75, 3.05) is 7.11 Å². The molecule has 6 atom stereocenters. The Morgan fingerprint density at radius 3 is 2.62 bits per heavy atom. The van der Waals surface area contributed by atoms with E-state index >= 15 is 0 Å². The number of epoxide rings is 1. The van der Waals surface area contributed by atoms with Gasteiger partial charge in [-0.3, -0.25) is 9.59 Å². The van der Waals surface area contributed by atoms with Gasteiger partial charge < -0.3 is 23.9 Å². The van der Waals surface area contributed by atoms with E-state index < -0.39 is 23.5 Å². The van der Waals surface area contributed by atoms with Crippen LogP contribution in [0.25, 0.3) is 17.2 Å². The van der Waals surface area contributed by atoms with Crippen molar-refractivity contribution in [1.82, 2.24) is 19.5 Å². The van der Waals surface area contributed by atoms with E-state index in [1.807, 2.05) is 40.8 Å². The van der Waals surface area contributed by atoms with Crippen molar-refractivity contribution in [2.24, 2.45) is 24.3 Å². The number of aliphatic hydroxyl groups excluding tert-OH is 1. The Morgan fingerprint density at radius 2 is 1.93 bits per heavy atom. The number of hydrogen-bond donors (Lipinski definition) is 1. The molecule has 0 spiro atoms. The Morgan fingerprint density at radius 1 is 1.20 bits per heavy atom. The molecule has 10 nitrogen and oxygen atoms in total. The number of aliphatic hydroxyl groups is 1. The summed E-state index contributed by atoms with van der Waals surface area (Å²) in [6.07, 6.45) is 5.57. The molecule has 0 saturated carbocycles. The summed E-state index contributed by atoms with van der Waals surface area (Å²) in [4.78, 5) is 39.9. The van der Waals surface area contributed by atoms with Crippen molar-refractivity contribution in [3.8, 4) is 5.88 Å². The number of aryl methyl sites for hydroxylation is 1. The number of ether oxygens (including phenoxy) is 3. The van der Waals surface area contributed by atoms with E-state index in [9.17, 15) is 14.7 Å². The first-order valence-corrected chi connectivity index (χ1v) is 14.3. The smallest absolute Gasteiger partial charge is 0.306 e. The highest BCUT2D eigenvalue weighted by molar-refractivity contribution is 5.87. The first kappa shape index (κ1) is 30.1. The average molecular weight is 557 g/mol. The highest BCUT2D eigenvalue weighted by atomic mass is 16.6. The first-order chi connectivity index (χ1) is 18.8. The van der Waals surface area contributed by atoms with E-state index in [1.165, 1.54) is 0 Å². The SMILES string of the molecule is COc1nc(/C=C(\C)[C@@H]2C[C@@H]3O[C@]3(C)CCC[C@H](C)[C@H](O)[C@@H](C)C(=O)C(C)(C)CCC(=O)O2)nc2c1ncn2C. The van der Waals surface area contributed by atoms with Gasteiger partial charge >= 0.3 is 5.97 Å². The van der Waals surface area contributed by atoms with E-state index in [4.69, 9.17) is 14.2 Å². The summed E-state index contributed by atoms with van der Waals surface area (Å²) >= 11 is 0. The summed E-state index contributed by atoms with van der Waals surface area (Å²) in [5, 5.41) is 10.9. The van der Waals surface area contributed by atoms with Crippen molar-refractivity contribution in [1.29, 1.82) is 0 Å². The maximum Gasteiger partial charge on any atom is 0.306 e. The Bertz CT molecular complexity index is 1290. The van der Waals surface area contributed by atoms with E-state index in [0.29, 0.717) is 35.7 Å². The number of rotatable bonds is 3. The topological polar surface area (TPSA) is 129 Å². The van der Waals surface area contributed by atoms with Gasteiger partial charge in [0.1, 0.15) is 11.9 Å². The molecule has 4 rings (SSSR count). The van der Waals surface area contributed by atoms with Gasteiger partial charge in [-0.2, -0.15) is 4.98 Å². The van der Waals surface area contributed by atoms with Crippen LogP contribution in [0.2, 0.25) is 0 Å². The predicted octanol–water partition coefficient (Wildman–Crippen LogP) is 4.43. The molecule has 0 amide bonds. The van der Waals surface area contributed by atoms with Crippen LogP contribution in [0.5, 0.6) is 5.88 Å². The Kier molecular flexibility index (Phi) is 8.71. The van der Waals surface area contributed by atoms with Crippen LogP contribution in [0.4, 0.5) is 0 Å². The highest BCUT2D eigenvalue weighted by Crippen LogP contribution is 2.45. The number of imidazole rings is 1. The number of carbonyl (C=O) groups is 2. The number of aromatic nitrogens is 4. The molecule has 0 aromatic carbocycles. The second-order valence-electron chi connectivity index (χ2n) is 12.5. The largest absolute Gasteiger partial charge is 0.479 e. The highest BCUT2D eigenvalue weighted by Gasteiger charge is 2.52. The molecule has 220 valence electrons. The molecule has 40 heavy (non-hydrogen) atoms. The van der Waals surface area contributed by atoms with Crippen LogP contribution >= 0.6 is 0 Å². The van der Waals surface area contributed by atoms with Crippen LogP contribution in [0.15, 0.2) is 11.9 Å².